The molecule has 1 heterocycles. The van der Waals surface area contributed by atoms with E-state index < -0.39 is 59.9 Å². The van der Waals surface area contributed by atoms with Crippen molar-refractivity contribution in [3.8, 4) is 0 Å². The second-order valence-electron chi connectivity index (χ2n) is 22.0. The second-order valence-corrected chi connectivity index (χ2v) is 23.0. The molecule has 0 aromatic rings. The number of aliphatic hydroxyl groups excluding tert-OH is 4. The SMILES string of the molecule is CCCCCCCCCCCCCC/C=C\CCCCCCCCCCC(=O)NC(COC1OC(CO)C(O)C(OS(=O)(=O)O)C1O)C(O)/C=C/CCCCCCCCCCCCCCCCCCCCCCC. The lowest BCUT2D eigenvalue weighted by molar-refractivity contribution is -0.298. The summed E-state index contributed by atoms with van der Waals surface area (Å²) in [6.07, 6.45) is 55.1. The van der Waals surface area contributed by atoms with E-state index in [4.69, 9.17) is 9.47 Å². The summed E-state index contributed by atoms with van der Waals surface area (Å²) < 4.78 is 47.9. The van der Waals surface area contributed by atoms with E-state index in [0.717, 1.165) is 44.9 Å². The fourth-order valence-electron chi connectivity index (χ4n) is 10.2. The van der Waals surface area contributed by atoms with Crippen LogP contribution in [0.2, 0.25) is 0 Å². The first-order chi connectivity index (χ1) is 36.0. The molecular formula is C61H117NO11S. The van der Waals surface area contributed by atoms with Gasteiger partial charge < -0.3 is 35.2 Å². The molecule has 1 aliphatic heterocycles. The highest BCUT2D eigenvalue weighted by Crippen LogP contribution is 2.26. The van der Waals surface area contributed by atoms with Crippen molar-refractivity contribution in [3.63, 3.8) is 0 Å². The van der Waals surface area contributed by atoms with Gasteiger partial charge in [-0.3, -0.25) is 9.35 Å². The third-order valence-electron chi connectivity index (χ3n) is 15.0. The van der Waals surface area contributed by atoms with Gasteiger partial charge in [0.15, 0.2) is 6.29 Å². The molecule has 1 rings (SSSR count). The van der Waals surface area contributed by atoms with Crippen molar-refractivity contribution in [2.24, 2.45) is 0 Å². The largest absolute Gasteiger partial charge is 0.397 e. The van der Waals surface area contributed by atoms with Crippen molar-refractivity contribution in [1.29, 1.82) is 0 Å². The first kappa shape index (κ1) is 70.6. The average molecular weight is 1070 g/mol. The van der Waals surface area contributed by atoms with Crippen molar-refractivity contribution in [2.45, 2.75) is 346 Å². The second kappa shape index (κ2) is 51.0. The van der Waals surface area contributed by atoms with Crippen molar-refractivity contribution in [2.75, 3.05) is 13.2 Å². The molecule has 13 heteroatoms. The Bertz CT molecular complexity index is 1400. The van der Waals surface area contributed by atoms with Crippen molar-refractivity contribution < 1.29 is 51.8 Å². The maximum absolute atomic E-state index is 13.2. The molecule has 438 valence electrons. The highest BCUT2D eigenvalue weighted by Gasteiger charge is 2.48. The van der Waals surface area contributed by atoms with Gasteiger partial charge in [-0.2, -0.15) is 8.42 Å². The Balaban J connectivity index is 2.34. The molecule has 0 aromatic carbocycles. The van der Waals surface area contributed by atoms with Crippen LogP contribution in [0.15, 0.2) is 24.3 Å². The highest BCUT2D eigenvalue weighted by molar-refractivity contribution is 7.80. The molecule has 1 fully saturated rings. The molecule has 1 saturated heterocycles. The molecule has 7 unspecified atom stereocenters. The molecule has 0 aliphatic carbocycles. The molecule has 7 atom stereocenters. The molecule has 12 nitrogen and oxygen atoms in total. The predicted octanol–water partition coefficient (Wildman–Crippen LogP) is 15.2. The van der Waals surface area contributed by atoms with Crippen LogP contribution >= 0.6 is 0 Å². The van der Waals surface area contributed by atoms with Crippen LogP contribution in [-0.4, -0.2) is 95.4 Å². The van der Waals surface area contributed by atoms with E-state index in [1.165, 1.54) is 231 Å². The van der Waals surface area contributed by atoms with Gasteiger partial charge in [0.05, 0.1) is 25.4 Å². The van der Waals surface area contributed by atoms with E-state index in [0.29, 0.717) is 6.42 Å². The summed E-state index contributed by atoms with van der Waals surface area (Å²) in [5.41, 5.74) is 0. The summed E-state index contributed by atoms with van der Waals surface area (Å²) >= 11 is 0. The van der Waals surface area contributed by atoms with Gasteiger partial charge in [-0.25, -0.2) is 4.18 Å². The quantitative estimate of drug-likeness (QED) is 0.0193. The van der Waals surface area contributed by atoms with Gasteiger partial charge in [-0.05, 0) is 44.9 Å². The van der Waals surface area contributed by atoms with Gasteiger partial charge >= 0.3 is 10.4 Å². The number of hydrogen-bond donors (Lipinski definition) is 6. The minimum atomic E-state index is -5.09. The summed E-state index contributed by atoms with van der Waals surface area (Å²) in [6.45, 7) is 3.45. The molecule has 0 saturated carbocycles. The third kappa shape index (κ3) is 42.6. The first-order valence-electron chi connectivity index (χ1n) is 31.2. The van der Waals surface area contributed by atoms with Crippen LogP contribution in [0.5, 0.6) is 0 Å². The summed E-state index contributed by atoms with van der Waals surface area (Å²) in [5.74, 6) is -0.261. The first-order valence-corrected chi connectivity index (χ1v) is 32.6. The molecule has 6 N–H and O–H groups in total. The summed E-state index contributed by atoms with van der Waals surface area (Å²) in [7, 11) is -5.09. The van der Waals surface area contributed by atoms with E-state index in [-0.39, 0.29) is 18.9 Å². The zero-order chi connectivity index (χ0) is 54.0. The maximum atomic E-state index is 13.2. The number of carbonyl (C=O) groups excluding carboxylic acids is 1. The topological polar surface area (TPSA) is 192 Å². The van der Waals surface area contributed by atoms with Crippen LogP contribution in [0, 0.1) is 0 Å². The highest BCUT2D eigenvalue weighted by atomic mass is 32.3. The normalized spacial score (nSPS) is 19.3. The van der Waals surface area contributed by atoms with Crippen LogP contribution in [0.25, 0.3) is 0 Å². The van der Waals surface area contributed by atoms with Gasteiger partial charge in [-0.1, -0.05) is 276 Å². The number of amides is 1. The summed E-state index contributed by atoms with van der Waals surface area (Å²) in [6, 6.07) is -0.946. The molecular weight excluding hydrogens is 955 g/mol. The Hall–Kier alpha value is -1.42. The number of ether oxygens (including phenoxy) is 2. The van der Waals surface area contributed by atoms with Crippen LogP contribution in [0.4, 0.5) is 0 Å². The summed E-state index contributed by atoms with van der Waals surface area (Å²) in [5, 5.41) is 45.1. The number of nitrogens with one attached hydrogen (secondary N) is 1. The van der Waals surface area contributed by atoms with Crippen molar-refractivity contribution >= 4 is 16.3 Å². The number of hydrogen-bond acceptors (Lipinski definition) is 10. The van der Waals surface area contributed by atoms with Gasteiger partial charge in [0, 0.05) is 6.42 Å². The van der Waals surface area contributed by atoms with Gasteiger partial charge in [0.1, 0.15) is 24.4 Å². The lowest BCUT2D eigenvalue weighted by Gasteiger charge is -2.41. The molecule has 0 spiro atoms. The lowest BCUT2D eigenvalue weighted by atomic mass is 9.99. The number of aliphatic hydroxyl groups is 4. The van der Waals surface area contributed by atoms with E-state index >= 15 is 0 Å². The number of carbonyl (C=O) groups is 1. The molecule has 0 bridgehead atoms. The van der Waals surface area contributed by atoms with Gasteiger partial charge in [0.2, 0.25) is 5.91 Å². The molecule has 0 radical (unpaired) electrons. The number of unbranched alkanes of at least 4 members (excludes halogenated alkanes) is 41. The fourth-order valence-corrected chi connectivity index (χ4v) is 10.7. The zero-order valence-electron chi connectivity index (χ0n) is 47.7. The van der Waals surface area contributed by atoms with Crippen molar-refractivity contribution in [3.05, 3.63) is 24.3 Å². The Morgan fingerprint density at radius 2 is 0.865 bits per heavy atom. The molecule has 1 amide bonds. The zero-order valence-corrected chi connectivity index (χ0v) is 48.5. The van der Waals surface area contributed by atoms with Crippen molar-refractivity contribution in [1.82, 2.24) is 5.32 Å². The monoisotopic (exact) mass is 1070 g/mol. The minimum Gasteiger partial charge on any atom is -0.394 e. The Labute approximate surface area is 454 Å². The fraction of sp³-hybridized carbons (Fsp3) is 0.918. The lowest BCUT2D eigenvalue weighted by Crippen LogP contribution is -2.61. The van der Waals surface area contributed by atoms with Crippen LogP contribution < -0.4 is 5.32 Å². The molecule has 1 aliphatic rings. The third-order valence-corrected chi connectivity index (χ3v) is 15.4. The Kier molecular flexibility index (Phi) is 48.7. The van der Waals surface area contributed by atoms with Crippen LogP contribution in [0.3, 0.4) is 0 Å². The Morgan fingerprint density at radius 3 is 1.22 bits per heavy atom. The minimum absolute atomic E-state index is 0.261. The van der Waals surface area contributed by atoms with E-state index in [2.05, 4.69) is 35.5 Å². The predicted molar refractivity (Wildman–Crippen MR) is 305 cm³/mol. The van der Waals surface area contributed by atoms with Gasteiger partial charge in [-0.15, -0.1) is 0 Å². The number of rotatable bonds is 55. The smallest absolute Gasteiger partial charge is 0.394 e. The van der Waals surface area contributed by atoms with E-state index in [1.807, 2.05) is 6.08 Å². The molecule has 74 heavy (non-hydrogen) atoms. The van der Waals surface area contributed by atoms with Gasteiger partial charge in [0.25, 0.3) is 0 Å². The summed E-state index contributed by atoms with van der Waals surface area (Å²) in [4.78, 5) is 13.2. The Morgan fingerprint density at radius 1 is 0.527 bits per heavy atom. The standard InChI is InChI=1S/C61H117NO11S/c1-3-5-7-9-11-13-15-17-19-21-23-25-27-29-31-33-35-37-39-41-43-45-47-49-51-57(65)62-54(53-71-61-59(67)60(73-74(68,69)70)58(66)56(52-63)72-61)55(64)50-48-46-44-42-40-38-36-34-32-30-28-26-24-22-20-18-16-14-12-10-8-6-4-2/h29,31,48,50,54-56,58-61,63-64,66-67H,3-28,30,32-47,49,51-53H2,1-2H3,(H,62,65)(H,68,69,70)/b31-29-,50-48+. The van der Waals surface area contributed by atoms with Crippen LogP contribution in [-0.2, 0) is 28.9 Å². The number of allylic oxidation sites excluding steroid dienone is 3. The molecule has 0 aromatic heterocycles. The van der Waals surface area contributed by atoms with E-state index in [9.17, 15) is 38.2 Å². The van der Waals surface area contributed by atoms with Crippen LogP contribution in [0.1, 0.15) is 303 Å². The van der Waals surface area contributed by atoms with E-state index in [1.54, 1.807) is 6.08 Å². The maximum Gasteiger partial charge on any atom is 0.397 e. The average Bonchev–Trinajstić information content (AvgIpc) is 3.38.